The van der Waals surface area contributed by atoms with Crippen LogP contribution < -0.4 is 5.32 Å². The molecule has 0 aliphatic heterocycles. The molecule has 6 nitrogen and oxygen atoms in total. The molecule has 1 aromatic carbocycles. The highest BCUT2D eigenvalue weighted by molar-refractivity contribution is 7.84. The van der Waals surface area contributed by atoms with E-state index in [1.165, 1.54) is 0 Å². The van der Waals surface area contributed by atoms with Crippen LogP contribution in [0.15, 0.2) is 47.6 Å². The van der Waals surface area contributed by atoms with Crippen LogP contribution in [0.1, 0.15) is 30.2 Å². The molecule has 0 spiro atoms. The molecule has 24 heavy (non-hydrogen) atoms. The number of pyridine rings is 1. The Morgan fingerprint density at radius 1 is 1.21 bits per heavy atom. The fourth-order valence-electron chi connectivity index (χ4n) is 2.39. The Labute approximate surface area is 142 Å². The predicted octanol–water partition coefficient (Wildman–Crippen LogP) is 3.00. The van der Waals surface area contributed by atoms with E-state index in [0.29, 0.717) is 16.1 Å². The van der Waals surface area contributed by atoms with Crippen LogP contribution in [0.4, 0.5) is 5.69 Å². The number of amides is 1. The van der Waals surface area contributed by atoms with E-state index in [9.17, 15) is 9.00 Å². The Morgan fingerprint density at radius 3 is 2.54 bits per heavy atom. The second-order valence-corrected chi connectivity index (χ2v) is 7.13. The molecule has 2 heterocycles. The Bertz CT molecular complexity index is 916. The van der Waals surface area contributed by atoms with Gasteiger partial charge in [0, 0.05) is 38.9 Å². The lowest BCUT2D eigenvalue weighted by Gasteiger charge is -2.08. The maximum absolute atomic E-state index is 12.3. The van der Waals surface area contributed by atoms with Gasteiger partial charge in [0.05, 0.1) is 18.1 Å². The van der Waals surface area contributed by atoms with E-state index < -0.39 is 10.8 Å². The second kappa shape index (κ2) is 6.52. The van der Waals surface area contributed by atoms with Crippen molar-refractivity contribution in [2.24, 2.45) is 0 Å². The minimum Gasteiger partial charge on any atom is -0.321 e. The summed E-state index contributed by atoms with van der Waals surface area (Å²) in [6.07, 6.45) is 4.97. The minimum absolute atomic E-state index is 0.220. The van der Waals surface area contributed by atoms with Crippen LogP contribution in [0.25, 0.3) is 11.0 Å². The van der Waals surface area contributed by atoms with Crippen LogP contribution >= 0.6 is 0 Å². The summed E-state index contributed by atoms with van der Waals surface area (Å²) in [5.74, 6) is -0.235. The number of rotatable bonds is 4. The zero-order chi connectivity index (χ0) is 17.3. The molecule has 3 rings (SSSR count). The first-order valence-corrected chi connectivity index (χ1v) is 9.09. The van der Waals surface area contributed by atoms with Gasteiger partial charge in [-0.15, -0.1) is 0 Å². The van der Waals surface area contributed by atoms with Gasteiger partial charge in [-0.05, 0) is 44.2 Å². The number of hydrogen-bond donors (Lipinski definition) is 1. The molecule has 0 aliphatic carbocycles. The summed E-state index contributed by atoms with van der Waals surface area (Å²) in [6, 6.07) is 8.78. The van der Waals surface area contributed by atoms with Crippen LogP contribution in [-0.2, 0) is 10.8 Å². The number of benzene rings is 1. The maximum Gasteiger partial charge on any atom is 0.255 e. The molecule has 3 aromatic rings. The third-order valence-corrected chi connectivity index (χ3v) is 4.56. The normalized spacial score (nSPS) is 12.5. The summed E-state index contributed by atoms with van der Waals surface area (Å²) in [4.78, 5) is 17.4. The van der Waals surface area contributed by atoms with Crippen LogP contribution in [0.2, 0.25) is 0 Å². The van der Waals surface area contributed by atoms with Crippen molar-refractivity contribution in [1.29, 1.82) is 0 Å². The third kappa shape index (κ3) is 3.21. The maximum atomic E-state index is 12.3. The van der Waals surface area contributed by atoms with Gasteiger partial charge in [-0.2, -0.15) is 5.10 Å². The first-order chi connectivity index (χ1) is 11.5. The molecule has 0 saturated carbocycles. The molecule has 7 heteroatoms. The zero-order valence-electron chi connectivity index (χ0n) is 13.7. The van der Waals surface area contributed by atoms with Gasteiger partial charge in [0.25, 0.3) is 5.91 Å². The molecule has 0 bridgehead atoms. The van der Waals surface area contributed by atoms with E-state index >= 15 is 0 Å². The molecule has 0 fully saturated rings. The summed E-state index contributed by atoms with van der Waals surface area (Å²) in [6.45, 7) is 4.08. The van der Waals surface area contributed by atoms with Gasteiger partial charge in [0.2, 0.25) is 0 Å². The zero-order valence-corrected chi connectivity index (χ0v) is 14.5. The fraction of sp³-hybridized carbons (Fsp3) is 0.235. The Kier molecular flexibility index (Phi) is 4.44. The molecule has 2 aromatic heterocycles. The molecule has 1 N–H and O–H groups in total. The van der Waals surface area contributed by atoms with Gasteiger partial charge in [-0.25, -0.2) is 9.67 Å². The smallest absolute Gasteiger partial charge is 0.255 e. The van der Waals surface area contributed by atoms with Crippen molar-refractivity contribution in [2.75, 3.05) is 11.6 Å². The van der Waals surface area contributed by atoms with Crippen LogP contribution in [0, 0.1) is 0 Å². The molecule has 0 radical (unpaired) electrons. The summed E-state index contributed by atoms with van der Waals surface area (Å²) in [5.41, 5.74) is 1.90. The van der Waals surface area contributed by atoms with Gasteiger partial charge in [-0.1, -0.05) is 0 Å². The van der Waals surface area contributed by atoms with Crippen molar-refractivity contribution in [1.82, 2.24) is 14.8 Å². The largest absolute Gasteiger partial charge is 0.321 e. The molecule has 124 valence electrons. The molecular weight excluding hydrogens is 324 g/mol. The van der Waals surface area contributed by atoms with Gasteiger partial charge in [0.15, 0.2) is 5.65 Å². The average molecular weight is 342 g/mol. The number of anilines is 1. The highest BCUT2D eigenvalue weighted by Crippen LogP contribution is 2.19. The van der Waals surface area contributed by atoms with E-state index in [2.05, 4.69) is 15.4 Å². The average Bonchev–Trinajstić information content (AvgIpc) is 2.98. The standard InChI is InChI=1S/C17H18N4O2S/c1-11(2)21-16-13(9-19-21)8-14(10-18-16)20-17(22)12-4-6-15(7-5-12)24(3)23/h4-11H,1-3H3,(H,20,22)/t24-/m0/s1. The molecular formula is C17H18N4O2S. The molecule has 1 amide bonds. The Balaban J connectivity index is 1.81. The monoisotopic (exact) mass is 342 g/mol. The van der Waals surface area contributed by atoms with Gasteiger partial charge >= 0.3 is 0 Å². The molecule has 0 unspecified atom stereocenters. The van der Waals surface area contributed by atoms with Crippen molar-refractivity contribution in [3.63, 3.8) is 0 Å². The topological polar surface area (TPSA) is 76.9 Å². The van der Waals surface area contributed by atoms with E-state index in [4.69, 9.17) is 0 Å². The van der Waals surface area contributed by atoms with Crippen molar-refractivity contribution >= 4 is 33.4 Å². The van der Waals surface area contributed by atoms with E-state index in [1.54, 1.807) is 42.9 Å². The number of carbonyl (C=O) groups excluding carboxylic acids is 1. The number of nitrogens with one attached hydrogen (secondary N) is 1. The third-order valence-electron chi connectivity index (χ3n) is 3.63. The lowest BCUT2D eigenvalue weighted by atomic mass is 10.2. The van der Waals surface area contributed by atoms with E-state index in [0.717, 1.165) is 11.0 Å². The SMILES string of the molecule is CC(C)n1ncc2cc(NC(=O)c3ccc([S@](C)=O)cc3)cnc21. The first-order valence-electron chi connectivity index (χ1n) is 7.54. The fourth-order valence-corrected chi connectivity index (χ4v) is 2.91. The van der Waals surface area contributed by atoms with Crippen LogP contribution in [0.5, 0.6) is 0 Å². The molecule has 0 saturated heterocycles. The number of hydrogen-bond acceptors (Lipinski definition) is 4. The number of nitrogens with zero attached hydrogens (tertiary/aromatic N) is 3. The highest BCUT2D eigenvalue weighted by Gasteiger charge is 2.11. The number of carbonyl (C=O) groups is 1. The quantitative estimate of drug-likeness (QED) is 0.791. The summed E-state index contributed by atoms with van der Waals surface area (Å²) in [7, 11) is -1.06. The van der Waals surface area contributed by atoms with Crippen molar-refractivity contribution in [2.45, 2.75) is 24.8 Å². The summed E-state index contributed by atoms with van der Waals surface area (Å²) in [5, 5.41) is 8.01. The van der Waals surface area contributed by atoms with Crippen molar-refractivity contribution in [3.05, 3.63) is 48.3 Å². The van der Waals surface area contributed by atoms with Gasteiger partial charge < -0.3 is 5.32 Å². The van der Waals surface area contributed by atoms with E-state index in [-0.39, 0.29) is 11.9 Å². The predicted molar refractivity (Wildman–Crippen MR) is 94.6 cm³/mol. The number of aromatic nitrogens is 3. The minimum atomic E-state index is -1.06. The Morgan fingerprint density at radius 2 is 1.92 bits per heavy atom. The molecule has 0 aliphatic rings. The summed E-state index contributed by atoms with van der Waals surface area (Å²) < 4.78 is 13.2. The van der Waals surface area contributed by atoms with Crippen LogP contribution in [-0.4, -0.2) is 31.1 Å². The van der Waals surface area contributed by atoms with Gasteiger partial charge in [-0.3, -0.25) is 9.00 Å². The number of fused-ring (bicyclic) bond motifs is 1. The van der Waals surface area contributed by atoms with Crippen molar-refractivity contribution < 1.29 is 9.00 Å². The lowest BCUT2D eigenvalue weighted by molar-refractivity contribution is 0.102. The van der Waals surface area contributed by atoms with Crippen molar-refractivity contribution in [3.8, 4) is 0 Å². The molecule has 1 atom stereocenters. The highest BCUT2D eigenvalue weighted by atomic mass is 32.2. The Hall–Kier alpha value is -2.54. The summed E-state index contributed by atoms with van der Waals surface area (Å²) >= 11 is 0. The lowest BCUT2D eigenvalue weighted by Crippen LogP contribution is -2.12. The first kappa shape index (κ1) is 16.3. The van der Waals surface area contributed by atoms with E-state index in [1.807, 2.05) is 24.6 Å². The van der Waals surface area contributed by atoms with Gasteiger partial charge in [0.1, 0.15) is 0 Å². The second-order valence-electron chi connectivity index (χ2n) is 5.75. The van der Waals surface area contributed by atoms with Crippen LogP contribution in [0.3, 0.4) is 0 Å².